The van der Waals surface area contributed by atoms with Crippen LogP contribution in [-0.4, -0.2) is 22.9 Å². The molecule has 0 saturated heterocycles. The maximum atomic E-state index is 4.51. The molecule has 0 amide bonds. The Morgan fingerprint density at radius 2 is 2.06 bits per heavy atom. The van der Waals surface area contributed by atoms with E-state index in [1.54, 1.807) is 0 Å². The van der Waals surface area contributed by atoms with Crippen molar-refractivity contribution in [3.63, 3.8) is 0 Å². The lowest BCUT2D eigenvalue weighted by molar-refractivity contribution is 0.237. The molecule has 1 atom stereocenters. The van der Waals surface area contributed by atoms with E-state index >= 15 is 0 Å². The van der Waals surface area contributed by atoms with E-state index in [4.69, 9.17) is 0 Å². The summed E-state index contributed by atoms with van der Waals surface area (Å²) in [5.41, 5.74) is 2.77. The van der Waals surface area contributed by atoms with Gasteiger partial charge in [-0.05, 0) is 38.8 Å². The Hall–Kier alpha value is -0.830. The van der Waals surface area contributed by atoms with Gasteiger partial charge in [0.25, 0.3) is 0 Å². The Kier molecular flexibility index (Phi) is 4.75. The van der Waals surface area contributed by atoms with Gasteiger partial charge in [0.05, 0.1) is 5.69 Å². The minimum Gasteiger partial charge on any atom is -0.316 e. The first-order valence-corrected chi connectivity index (χ1v) is 6.65. The lowest BCUT2D eigenvalue weighted by Crippen LogP contribution is -2.41. The molecule has 0 fully saturated rings. The van der Waals surface area contributed by atoms with Gasteiger partial charge in [-0.15, -0.1) is 0 Å². The molecule has 0 spiro atoms. The SMILES string of the molecule is CCn1nc(C)cc1CC(NC)C(C)(C)CC. The molecule has 0 aliphatic heterocycles. The molecule has 1 rings (SSSR count). The molecule has 0 bridgehead atoms. The quantitative estimate of drug-likeness (QED) is 0.824. The number of nitrogens with one attached hydrogen (secondary N) is 1. The van der Waals surface area contributed by atoms with Crippen LogP contribution < -0.4 is 5.32 Å². The standard InChI is InChI=1S/C14H27N3/c1-7-14(4,5)13(15-6)10-12-9-11(3)16-17(12)8-2/h9,13,15H,7-8,10H2,1-6H3. The molecular weight excluding hydrogens is 210 g/mol. The van der Waals surface area contributed by atoms with Crippen molar-refractivity contribution in [2.75, 3.05) is 7.05 Å². The van der Waals surface area contributed by atoms with Gasteiger partial charge in [-0.25, -0.2) is 0 Å². The van der Waals surface area contributed by atoms with Gasteiger partial charge in [-0.1, -0.05) is 20.8 Å². The minimum atomic E-state index is 0.311. The fourth-order valence-corrected chi connectivity index (χ4v) is 2.26. The first-order valence-electron chi connectivity index (χ1n) is 6.65. The fourth-order valence-electron chi connectivity index (χ4n) is 2.26. The second-order valence-electron chi connectivity index (χ2n) is 5.48. The monoisotopic (exact) mass is 237 g/mol. The second kappa shape index (κ2) is 5.67. The molecule has 1 N–H and O–H groups in total. The number of nitrogens with zero attached hydrogens (tertiary/aromatic N) is 2. The molecule has 0 aliphatic carbocycles. The third-order valence-corrected chi connectivity index (χ3v) is 3.90. The molecule has 98 valence electrons. The number of aryl methyl sites for hydroxylation is 2. The smallest absolute Gasteiger partial charge is 0.0596 e. The summed E-state index contributed by atoms with van der Waals surface area (Å²) >= 11 is 0. The minimum absolute atomic E-state index is 0.311. The summed E-state index contributed by atoms with van der Waals surface area (Å²) in [6.45, 7) is 12.1. The Labute approximate surface area is 106 Å². The highest BCUT2D eigenvalue weighted by atomic mass is 15.3. The summed E-state index contributed by atoms with van der Waals surface area (Å²) in [4.78, 5) is 0. The normalized spacial score (nSPS) is 14.0. The highest BCUT2D eigenvalue weighted by Crippen LogP contribution is 2.27. The van der Waals surface area contributed by atoms with E-state index in [9.17, 15) is 0 Å². The van der Waals surface area contributed by atoms with Gasteiger partial charge >= 0.3 is 0 Å². The molecule has 3 nitrogen and oxygen atoms in total. The highest BCUT2D eigenvalue weighted by Gasteiger charge is 2.27. The topological polar surface area (TPSA) is 29.9 Å². The summed E-state index contributed by atoms with van der Waals surface area (Å²) in [6, 6.07) is 2.70. The van der Waals surface area contributed by atoms with Crippen LogP contribution in [0, 0.1) is 12.3 Å². The van der Waals surface area contributed by atoms with Crippen molar-refractivity contribution in [3.8, 4) is 0 Å². The summed E-state index contributed by atoms with van der Waals surface area (Å²) < 4.78 is 2.12. The number of likely N-dealkylation sites (N-methyl/N-ethyl adjacent to an activating group) is 1. The summed E-state index contributed by atoms with van der Waals surface area (Å²) in [5, 5.41) is 7.97. The Balaban J connectivity index is 2.87. The number of hydrogen-bond acceptors (Lipinski definition) is 2. The van der Waals surface area contributed by atoms with Crippen molar-refractivity contribution in [1.29, 1.82) is 0 Å². The van der Waals surface area contributed by atoms with Crippen LogP contribution in [0.3, 0.4) is 0 Å². The van der Waals surface area contributed by atoms with Gasteiger partial charge in [0.2, 0.25) is 0 Å². The largest absolute Gasteiger partial charge is 0.316 e. The molecule has 0 radical (unpaired) electrons. The van der Waals surface area contributed by atoms with E-state index in [2.05, 4.69) is 62.8 Å². The lowest BCUT2D eigenvalue weighted by atomic mass is 9.79. The number of aromatic nitrogens is 2. The maximum Gasteiger partial charge on any atom is 0.0596 e. The second-order valence-corrected chi connectivity index (χ2v) is 5.48. The molecule has 17 heavy (non-hydrogen) atoms. The lowest BCUT2D eigenvalue weighted by Gasteiger charge is -2.33. The third kappa shape index (κ3) is 3.32. The molecule has 1 heterocycles. The van der Waals surface area contributed by atoms with E-state index in [0.29, 0.717) is 11.5 Å². The summed E-state index contributed by atoms with van der Waals surface area (Å²) in [5.74, 6) is 0. The van der Waals surface area contributed by atoms with Crippen LogP contribution >= 0.6 is 0 Å². The molecule has 1 unspecified atom stereocenters. The molecule has 1 aromatic heterocycles. The highest BCUT2D eigenvalue weighted by molar-refractivity contribution is 5.11. The van der Waals surface area contributed by atoms with E-state index in [-0.39, 0.29) is 0 Å². The van der Waals surface area contributed by atoms with Gasteiger partial charge in [-0.3, -0.25) is 4.68 Å². The van der Waals surface area contributed by atoms with Crippen molar-refractivity contribution < 1.29 is 0 Å². The Bertz CT molecular complexity index is 352. The van der Waals surface area contributed by atoms with Crippen LogP contribution in [0.1, 0.15) is 45.5 Å². The van der Waals surface area contributed by atoms with Crippen LogP contribution in [0.2, 0.25) is 0 Å². The van der Waals surface area contributed by atoms with Crippen molar-refractivity contribution in [3.05, 3.63) is 17.5 Å². The fraction of sp³-hybridized carbons (Fsp3) is 0.786. The van der Waals surface area contributed by atoms with Gasteiger partial charge < -0.3 is 5.32 Å². The zero-order chi connectivity index (χ0) is 13.1. The number of hydrogen-bond donors (Lipinski definition) is 1. The summed E-state index contributed by atoms with van der Waals surface area (Å²) in [6.07, 6.45) is 2.23. The van der Waals surface area contributed by atoms with Crippen LogP contribution in [-0.2, 0) is 13.0 Å². The predicted octanol–water partition coefficient (Wildman–Crippen LogP) is 2.78. The van der Waals surface area contributed by atoms with Gasteiger partial charge in [0, 0.05) is 24.7 Å². The van der Waals surface area contributed by atoms with E-state index in [0.717, 1.165) is 18.7 Å². The van der Waals surface area contributed by atoms with Crippen LogP contribution in [0.4, 0.5) is 0 Å². The zero-order valence-electron chi connectivity index (χ0n) is 12.2. The average Bonchev–Trinajstić information content (AvgIpc) is 2.66. The van der Waals surface area contributed by atoms with Gasteiger partial charge in [0.1, 0.15) is 0 Å². The van der Waals surface area contributed by atoms with Crippen molar-refractivity contribution >= 4 is 0 Å². The van der Waals surface area contributed by atoms with Crippen LogP contribution in [0.5, 0.6) is 0 Å². The molecule has 0 aromatic carbocycles. The molecule has 0 aliphatic rings. The van der Waals surface area contributed by atoms with Crippen molar-refractivity contribution in [2.24, 2.45) is 5.41 Å². The predicted molar refractivity (Wildman–Crippen MR) is 73.3 cm³/mol. The maximum absolute atomic E-state index is 4.51. The van der Waals surface area contributed by atoms with E-state index in [1.165, 1.54) is 12.1 Å². The average molecular weight is 237 g/mol. The van der Waals surface area contributed by atoms with E-state index in [1.807, 2.05) is 0 Å². The number of rotatable bonds is 6. The van der Waals surface area contributed by atoms with Crippen molar-refractivity contribution in [2.45, 2.75) is 60.0 Å². The van der Waals surface area contributed by atoms with Crippen LogP contribution in [0.15, 0.2) is 6.07 Å². The first-order chi connectivity index (χ1) is 7.94. The van der Waals surface area contributed by atoms with Crippen molar-refractivity contribution in [1.82, 2.24) is 15.1 Å². The Morgan fingerprint density at radius 1 is 1.41 bits per heavy atom. The van der Waals surface area contributed by atoms with Gasteiger partial charge in [0.15, 0.2) is 0 Å². The summed E-state index contributed by atoms with van der Waals surface area (Å²) in [7, 11) is 2.06. The Morgan fingerprint density at radius 3 is 2.53 bits per heavy atom. The van der Waals surface area contributed by atoms with E-state index < -0.39 is 0 Å². The molecule has 0 saturated carbocycles. The molecule has 1 aromatic rings. The van der Waals surface area contributed by atoms with Crippen LogP contribution in [0.25, 0.3) is 0 Å². The zero-order valence-corrected chi connectivity index (χ0v) is 12.2. The molecule has 3 heteroatoms. The first kappa shape index (κ1) is 14.2. The van der Waals surface area contributed by atoms with Gasteiger partial charge in [-0.2, -0.15) is 5.10 Å². The third-order valence-electron chi connectivity index (χ3n) is 3.90. The molecular formula is C14H27N3.